The summed E-state index contributed by atoms with van der Waals surface area (Å²) in [5.74, 6) is 0.221. The Kier molecular flexibility index (Phi) is 5.86. The lowest BCUT2D eigenvalue weighted by molar-refractivity contribution is -0.179. The quantitative estimate of drug-likeness (QED) is 0.553. The lowest BCUT2D eigenvalue weighted by Crippen LogP contribution is -2.41. The zero-order chi connectivity index (χ0) is 23.2. The smallest absolute Gasteiger partial charge is 0.378 e. The van der Waals surface area contributed by atoms with Crippen LogP contribution in [0.5, 0.6) is 0 Å². The number of fused-ring (bicyclic) bond motifs is 1. The van der Waals surface area contributed by atoms with Crippen LogP contribution in [0.2, 0.25) is 0 Å². The molecule has 0 saturated carbocycles. The lowest BCUT2D eigenvalue weighted by atomic mass is 9.96. The maximum atomic E-state index is 13.1. The normalized spacial score (nSPS) is 18.3. The van der Waals surface area contributed by atoms with E-state index in [1.807, 2.05) is 35.8 Å². The summed E-state index contributed by atoms with van der Waals surface area (Å²) in [7, 11) is 0. The minimum atomic E-state index is -4.16. The highest BCUT2D eigenvalue weighted by molar-refractivity contribution is 7.18. The van der Waals surface area contributed by atoms with E-state index in [4.69, 9.17) is 14.7 Å². The van der Waals surface area contributed by atoms with Crippen molar-refractivity contribution in [3.05, 3.63) is 22.7 Å². The molecule has 0 spiro atoms. The third kappa shape index (κ3) is 4.61. The molecule has 2 fully saturated rings. The highest BCUT2D eigenvalue weighted by atomic mass is 32.1. The summed E-state index contributed by atoms with van der Waals surface area (Å²) >= 11 is 1.62. The molecule has 0 aliphatic carbocycles. The number of nitrogens with zero attached hydrogens (tertiary/aromatic N) is 6. The van der Waals surface area contributed by atoms with Gasteiger partial charge in [-0.2, -0.15) is 28.1 Å². The van der Waals surface area contributed by atoms with Gasteiger partial charge in [-0.15, -0.1) is 11.3 Å². The molecule has 3 aromatic rings. The van der Waals surface area contributed by atoms with Crippen molar-refractivity contribution < 1.29 is 17.9 Å². The van der Waals surface area contributed by atoms with E-state index >= 15 is 0 Å². The van der Waals surface area contributed by atoms with Gasteiger partial charge in [-0.3, -0.25) is 0 Å². The summed E-state index contributed by atoms with van der Waals surface area (Å²) in [5, 5.41) is 0.989. The fourth-order valence-electron chi connectivity index (χ4n) is 4.37. The molecule has 176 valence electrons. The second-order valence-electron chi connectivity index (χ2n) is 8.53. The Morgan fingerprint density at radius 1 is 0.909 bits per heavy atom. The van der Waals surface area contributed by atoms with E-state index in [0.29, 0.717) is 44.0 Å². The number of halogens is 3. The van der Waals surface area contributed by atoms with Crippen molar-refractivity contribution in [3.63, 3.8) is 0 Å². The number of thiazole rings is 1. The summed E-state index contributed by atoms with van der Waals surface area (Å²) in [6.45, 7) is 7.00. The van der Waals surface area contributed by atoms with Crippen LogP contribution in [0, 0.1) is 19.8 Å². The van der Waals surface area contributed by atoms with Crippen molar-refractivity contribution in [2.45, 2.75) is 32.9 Å². The molecule has 2 aliphatic rings. The van der Waals surface area contributed by atoms with Crippen LogP contribution >= 0.6 is 11.3 Å². The van der Waals surface area contributed by atoms with Crippen molar-refractivity contribution in [3.8, 4) is 11.4 Å². The highest BCUT2D eigenvalue weighted by Crippen LogP contribution is 2.36. The number of alkyl halides is 3. The molecular formula is C22H25F3N6OS. The van der Waals surface area contributed by atoms with Crippen LogP contribution in [0.25, 0.3) is 21.6 Å². The molecule has 0 atom stereocenters. The van der Waals surface area contributed by atoms with Gasteiger partial charge in [0.05, 0.1) is 34.4 Å². The van der Waals surface area contributed by atoms with Crippen molar-refractivity contribution >= 4 is 33.5 Å². The van der Waals surface area contributed by atoms with Gasteiger partial charge < -0.3 is 14.5 Å². The standard InChI is InChI=1S/C22H25F3N6OS/c1-13-11-15(12-17-18(13)26-14(2)33-17)19-27-20(29-21(28-19)31-7-9-32-10-8-31)30-5-3-16(4-6-30)22(23,24)25/h11-12,16H,3-10H2,1-2H3. The fourth-order valence-corrected chi connectivity index (χ4v) is 5.32. The number of aromatic nitrogens is 4. The third-order valence-electron chi connectivity index (χ3n) is 6.20. The van der Waals surface area contributed by atoms with Gasteiger partial charge in [0.2, 0.25) is 11.9 Å². The van der Waals surface area contributed by atoms with Gasteiger partial charge in [0.15, 0.2) is 5.82 Å². The van der Waals surface area contributed by atoms with Crippen LogP contribution in [-0.2, 0) is 4.74 Å². The van der Waals surface area contributed by atoms with Gasteiger partial charge in [-0.05, 0) is 44.4 Å². The topological polar surface area (TPSA) is 67.3 Å². The molecule has 2 saturated heterocycles. The summed E-state index contributed by atoms with van der Waals surface area (Å²) in [4.78, 5) is 22.6. The van der Waals surface area contributed by atoms with E-state index in [1.54, 1.807) is 11.3 Å². The minimum Gasteiger partial charge on any atom is -0.378 e. The minimum absolute atomic E-state index is 0.0443. The van der Waals surface area contributed by atoms with Crippen LogP contribution < -0.4 is 9.80 Å². The van der Waals surface area contributed by atoms with Gasteiger partial charge in [-0.1, -0.05) is 0 Å². The van der Waals surface area contributed by atoms with Gasteiger partial charge in [-0.25, -0.2) is 4.98 Å². The molecular weight excluding hydrogens is 453 g/mol. The number of ether oxygens (including phenoxy) is 1. The van der Waals surface area contributed by atoms with E-state index in [-0.39, 0.29) is 25.9 Å². The Morgan fingerprint density at radius 3 is 2.18 bits per heavy atom. The highest BCUT2D eigenvalue weighted by Gasteiger charge is 2.41. The van der Waals surface area contributed by atoms with Gasteiger partial charge in [0, 0.05) is 31.7 Å². The molecule has 33 heavy (non-hydrogen) atoms. The second-order valence-corrected chi connectivity index (χ2v) is 9.77. The molecule has 0 bridgehead atoms. The van der Waals surface area contributed by atoms with E-state index in [1.165, 1.54) is 0 Å². The Hall–Kier alpha value is -2.53. The van der Waals surface area contributed by atoms with Crippen LogP contribution in [0.3, 0.4) is 0 Å². The zero-order valence-electron chi connectivity index (χ0n) is 18.5. The predicted molar refractivity (Wildman–Crippen MR) is 122 cm³/mol. The van der Waals surface area contributed by atoms with Crippen molar-refractivity contribution in [1.29, 1.82) is 0 Å². The van der Waals surface area contributed by atoms with Gasteiger partial charge in [0.1, 0.15) is 0 Å². The molecule has 0 amide bonds. The number of piperidine rings is 1. The second kappa shape index (κ2) is 8.68. The predicted octanol–water partition coefficient (Wildman–Crippen LogP) is 4.38. The molecule has 2 aromatic heterocycles. The summed E-state index contributed by atoms with van der Waals surface area (Å²) in [5.41, 5.74) is 2.86. The van der Waals surface area contributed by atoms with Gasteiger partial charge >= 0.3 is 6.18 Å². The van der Waals surface area contributed by atoms with E-state index < -0.39 is 12.1 Å². The first-order valence-electron chi connectivity index (χ1n) is 11.1. The van der Waals surface area contributed by atoms with E-state index in [9.17, 15) is 13.2 Å². The van der Waals surface area contributed by atoms with Gasteiger partial charge in [0.25, 0.3) is 0 Å². The maximum absolute atomic E-state index is 13.1. The maximum Gasteiger partial charge on any atom is 0.391 e. The SMILES string of the molecule is Cc1nc2c(C)cc(-c3nc(N4CCOCC4)nc(N4CCC(C(F)(F)F)CC4)n3)cc2s1. The Balaban J connectivity index is 1.52. The van der Waals surface area contributed by atoms with Crippen LogP contribution in [-0.4, -0.2) is 65.5 Å². The van der Waals surface area contributed by atoms with E-state index in [2.05, 4.69) is 9.97 Å². The molecule has 11 heteroatoms. The number of anilines is 2. The number of aryl methyl sites for hydroxylation is 2. The number of hydrogen-bond acceptors (Lipinski definition) is 8. The monoisotopic (exact) mass is 478 g/mol. The Labute approximate surface area is 193 Å². The molecule has 0 radical (unpaired) electrons. The molecule has 7 nitrogen and oxygen atoms in total. The van der Waals surface area contributed by atoms with Crippen molar-refractivity contribution in [2.24, 2.45) is 5.92 Å². The summed E-state index contributed by atoms with van der Waals surface area (Å²) in [6.07, 6.45) is -4.07. The fraction of sp³-hybridized carbons (Fsp3) is 0.545. The van der Waals surface area contributed by atoms with Crippen molar-refractivity contribution in [2.75, 3.05) is 49.2 Å². The number of hydrogen-bond donors (Lipinski definition) is 0. The van der Waals surface area contributed by atoms with Crippen LogP contribution in [0.15, 0.2) is 12.1 Å². The van der Waals surface area contributed by atoms with Crippen LogP contribution in [0.4, 0.5) is 25.1 Å². The average Bonchev–Trinajstić information content (AvgIpc) is 3.20. The zero-order valence-corrected chi connectivity index (χ0v) is 19.3. The first-order valence-corrected chi connectivity index (χ1v) is 11.9. The van der Waals surface area contributed by atoms with Crippen LogP contribution in [0.1, 0.15) is 23.4 Å². The Bertz CT molecular complexity index is 1150. The summed E-state index contributed by atoms with van der Waals surface area (Å²) < 4.78 is 46.0. The number of benzene rings is 1. The first-order chi connectivity index (χ1) is 15.8. The number of rotatable bonds is 3. The molecule has 0 unspecified atom stereocenters. The number of morpholine rings is 1. The molecule has 1 aromatic carbocycles. The molecule has 4 heterocycles. The Morgan fingerprint density at radius 2 is 1.55 bits per heavy atom. The molecule has 2 aliphatic heterocycles. The largest absolute Gasteiger partial charge is 0.391 e. The molecule has 5 rings (SSSR count). The molecule has 0 N–H and O–H groups in total. The summed E-state index contributed by atoms with van der Waals surface area (Å²) in [6, 6.07) is 4.05. The average molecular weight is 479 g/mol. The van der Waals surface area contributed by atoms with E-state index in [0.717, 1.165) is 26.4 Å². The lowest BCUT2D eigenvalue weighted by Gasteiger charge is -2.33. The third-order valence-corrected chi connectivity index (χ3v) is 7.11. The van der Waals surface area contributed by atoms with Crippen molar-refractivity contribution in [1.82, 2.24) is 19.9 Å². The first kappa shape index (κ1) is 22.3.